The summed E-state index contributed by atoms with van der Waals surface area (Å²) >= 11 is 0. The number of fused-ring (bicyclic) bond motifs is 1. The van der Waals surface area contributed by atoms with Gasteiger partial charge in [-0.25, -0.2) is 4.68 Å². The molecule has 0 bridgehead atoms. The highest BCUT2D eigenvalue weighted by Crippen LogP contribution is 2.18. The van der Waals surface area contributed by atoms with Crippen LogP contribution in [-0.2, 0) is 19.4 Å². The van der Waals surface area contributed by atoms with E-state index in [1.54, 1.807) is 4.68 Å². The molecule has 0 aromatic carbocycles. The van der Waals surface area contributed by atoms with Crippen LogP contribution in [0.2, 0.25) is 0 Å². The lowest BCUT2D eigenvalue weighted by molar-refractivity contribution is 0.114. The maximum absolute atomic E-state index is 11.9. The number of aryl methyl sites for hydroxylation is 2. The van der Waals surface area contributed by atoms with Gasteiger partial charge in [0.2, 0.25) is 0 Å². The Labute approximate surface area is 101 Å². The Balaban J connectivity index is 1.82. The first kappa shape index (κ1) is 11.0. The minimum Gasteiger partial charge on any atom is -0.306 e. The second-order valence-corrected chi connectivity index (χ2v) is 5.43. The van der Waals surface area contributed by atoms with Gasteiger partial charge < -0.3 is 4.90 Å². The summed E-state index contributed by atoms with van der Waals surface area (Å²) in [6.45, 7) is 2.97. The fourth-order valence-electron chi connectivity index (χ4n) is 2.92. The van der Waals surface area contributed by atoms with E-state index in [0.29, 0.717) is 5.92 Å². The molecular formula is C13H19N3O. The number of hydrogen-bond acceptors (Lipinski definition) is 3. The Hall–Kier alpha value is -1.16. The van der Waals surface area contributed by atoms with E-state index >= 15 is 0 Å². The van der Waals surface area contributed by atoms with Crippen molar-refractivity contribution in [2.45, 2.75) is 32.2 Å². The topological polar surface area (TPSA) is 38.1 Å². The van der Waals surface area contributed by atoms with Crippen molar-refractivity contribution in [1.29, 1.82) is 0 Å². The molecule has 1 aromatic rings. The third-order valence-electron chi connectivity index (χ3n) is 3.84. The fraction of sp³-hybridized carbons (Fsp3) is 0.692. The van der Waals surface area contributed by atoms with Gasteiger partial charge in [0.1, 0.15) is 0 Å². The molecule has 2 aliphatic rings. The van der Waals surface area contributed by atoms with E-state index in [0.717, 1.165) is 38.2 Å². The predicted molar refractivity (Wildman–Crippen MR) is 66.1 cm³/mol. The van der Waals surface area contributed by atoms with Crippen LogP contribution in [0.3, 0.4) is 0 Å². The van der Waals surface area contributed by atoms with Crippen LogP contribution in [-0.4, -0.2) is 34.8 Å². The molecule has 4 nitrogen and oxygen atoms in total. The molecular weight excluding hydrogens is 214 g/mol. The first-order valence-corrected chi connectivity index (χ1v) is 6.51. The van der Waals surface area contributed by atoms with Crippen LogP contribution in [0.5, 0.6) is 0 Å². The lowest BCUT2D eigenvalue weighted by atomic mass is 9.97. The number of hydrogen-bond donors (Lipinski definition) is 0. The van der Waals surface area contributed by atoms with Crippen LogP contribution in [0.1, 0.15) is 24.1 Å². The summed E-state index contributed by atoms with van der Waals surface area (Å²) in [5.74, 6) is 0.604. The van der Waals surface area contributed by atoms with Crippen LogP contribution in [0.4, 0.5) is 0 Å². The molecule has 0 spiro atoms. The first-order valence-electron chi connectivity index (χ1n) is 6.51. The molecule has 0 unspecified atom stereocenters. The van der Waals surface area contributed by atoms with Crippen molar-refractivity contribution in [3.63, 3.8) is 0 Å². The Bertz CT molecular complexity index is 474. The van der Waals surface area contributed by atoms with Crippen LogP contribution in [0, 0.1) is 5.92 Å². The van der Waals surface area contributed by atoms with Crippen LogP contribution >= 0.6 is 0 Å². The molecule has 0 N–H and O–H groups in total. The summed E-state index contributed by atoms with van der Waals surface area (Å²) in [6, 6.07) is 1.81. The molecule has 1 saturated heterocycles. The summed E-state index contributed by atoms with van der Waals surface area (Å²) in [5.41, 5.74) is 2.42. The third kappa shape index (κ3) is 2.14. The van der Waals surface area contributed by atoms with Gasteiger partial charge in [-0.3, -0.25) is 4.79 Å². The van der Waals surface area contributed by atoms with Crippen LogP contribution in [0.25, 0.3) is 0 Å². The SMILES string of the molecule is CN1CC(Cn2nc3c(cc2=O)CCCC3)C1. The van der Waals surface area contributed by atoms with Crippen molar-refractivity contribution in [3.8, 4) is 0 Å². The van der Waals surface area contributed by atoms with Gasteiger partial charge in [-0.15, -0.1) is 0 Å². The average molecular weight is 233 g/mol. The van der Waals surface area contributed by atoms with E-state index < -0.39 is 0 Å². The van der Waals surface area contributed by atoms with E-state index in [9.17, 15) is 4.79 Å². The van der Waals surface area contributed by atoms with Crippen molar-refractivity contribution in [3.05, 3.63) is 27.7 Å². The van der Waals surface area contributed by atoms with Gasteiger partial charge in [0, 0.05) is 25.1 Å². The monoisotopic (exact) mass is 233 g/mol. The molecule has 2 heterocycles. The highest BCUT2D eigenvalue weighted by Gasteiger charge is 2.24. The zero-order valence-corrected chi connectivity index (χ0v) is 10.4. The molecule has 0 atom stereocenters. The van der Waals surface area contributed by atoms with Crippen LogP contribution in [0.15, 0.2) is 10.9 Å². The Kier molecular flexibility index (Phi) is 2.74. The van der Waals surface area contributed by atoms with Gasteiger partial charge in [0.05, 0.1) is 12.2 Å². The van der Waals surface area contributed by atoms with Crippen LogP contribution < -0.4 is 5.56 Å². The average Bonchev–Trinajstić information content (AvgIpc) is 2.28. The third-order valence-corrected chi connectivity index (χ3v) is 3.84. The van der Waals surface area contributed by atoms with Crippen molar-refractivity contribution in [2.24, 2.45) is 5.92 Å². The van der Waals surface area contributed by atoms with Gasteiger partial charge in [-0.2, -0.15) is 5.10 Å². The molecule has 1 aliphatic carbocycles. The van der Waals surface area contributed by atoms with Gasteiger partial charge in [0.15, 0.2) is 0 Å². The largest absolute Gasteiger partial charge is 0.306 e. The summed E-state index contributed by atoms with van der Waals surface area (Å²) in [7, 11) is 2.11. The zero-order valence-electron chi connectivity index (χ0n) is 10.4. The highest BCUT2D eigenvalue weighted by molar-refractivity contribution is 5.20. The van der Waals surface area contributed by atoms with E-state index in [1.165, 1.54) is 18.4 Å². The Morgan fingerprint density at radius 1 is 1.35 bits per heavy atom. The quantitative estimate of drug-likeness (QED) is 0.754. The summed E-state index contributed by atoms with van der Waals surface area (Å²) in [4.78, 5) is 14.2. The van der Waals surface area contributed by atoms with Crippen molar-refractivity contribution in [1.82, 2.24) is 14.7 Å². The summed E-state index contributed by atoms with van der Waals surface area (Å²) in [5, 5.41) is 4.55. The smallest absolute Gasteiger partial charge is 0.267 e. The molecule has 0 amide bonds. The number of rotatable bonds is 2. The molecule has 92 valence electrons. The zero-order chi connectivity index (χ0) is 11.8. The maximum atomic E-state index is 11.9. The standard InChI is InChI=1S/C13H19N3O/c1-15-7-10(8-15)9-16-13(17)6-11-4-2-3-5-12(11)14-16/h6,10H,2-5,7-9H2,1H3. The molecule has 4 heteroatoms. The minimum atomic E-state index is 0.0835. The van der Waals surface area contributed by atoms with Crippen molar-refractivity contribution >= 4 is 0 Å². The Morgan fingerprint density at radius 2 is 2.12 bits per heavy atom. The normalized spacial score (nSPS) is 21.0. The van der Waals surface area contributed by atoms with E-state index in [-0.39, 0.29) is 5.56 Å². The highest BCUT2D eigenvalue weighted by atomic mass is 16.1. The lowest BCUT2D eigenvalue weighted by Crippen LogP contribution is -2.47. The Morgan fingerprint density at radius 3 is 2.88 bits per heavy atom. The van der Waals surface area contributed by atoms with Gasteiger partial charge in [-0.1, -0.05) is 0 Å². The van der Waals surface area contributed by atoms with Gasteiger partial charge >= 0.3 is 0 Å². The summed E-state index contributed by atoms with van der Waals surface area (Å²) in [6.07, 6.45) is 4.49. The van der Waals surface area contributed by atoms with Gasteiger partial charge in [0.25, 0.3) is 5.56 Å². The molecule has 3 rings (SSSR count). The molecule has 17 heavy (non-hydrogen) atoms. The minimum absolute atomic E-state index is 0.0835. The van der Waals surface area contributed by atoms with E-state index in [1.807, 2.05) is 6.07 Å². The van der Waals surface area contributed by atoms with E-state index in [4.69, 9.17) is 0 Å². The number of aromatic nitrogens is 2. The lowest BCUT2D eigenvalue weighted by Gasteiger charge is -2.36. The molecule has 1 fully saturated rings. The maximum Gasteiger partial charge on any atom is 0.267 e. The predicted octanol–water partition coefficient (Wildman–Crippen LogP) is 0.684. The molecule has 0 saturated carbocycles. The van der Waals surface area contributed by atoms with Gasteiger partial charge in [-0.05, 0) is 38.3 Å². The van der Waals surface area contributed by atoms with Crippen molar-refractivity contribution in [2.75, 3.05) is 20.1 Å². The number of likely N-dealkylation sites (tertiary alicyclic amines) is 1. The second-order valence-electron chi connectivity index (χ2n) is 5.43. The summed E-state index contributed by atoms with van der Waals surface area (Å²) < 4.78 is 1.68. The fourth-order valence-corrected chi connectivity index (χ4v) is 2.92. The number of nitrogens with zero attached hydrogens (tertiary/aromatic N) is 3. The van der Waals surface area contributed by atoms with Crippen molar-refractivity contribution < 1.29 is 0 Å². The van der Waals surface area contributed by atoms with E-state index in [2.05, 4.69) is 17.0 Å². The molecule has 1 aliphatic heterocycles. The first-order chi connectivity index (χ1) is 8.22. The molecule has 0 radical (unpaired) electrons. The molecule has 1 aromatic heterocycles. The second kappa shape index (κ2) is 4.26.